The molecule has 1 unspecified atom stereocenters. The third kappa shape index (κ3) is 3.03. The molecule has 1 amide bonds. The van der Waals surface area contributed by atoms with Crippen LogP contribution in [0.1, 0.15) is 26.3 Å². The number of nitrogens with zero attached hydrogens (tertiary/aromatic N) is 2. The van der Waals surface area contributed by atoms with Gasteiger partial charge in [0.1, 0.15) is 11.3 Å². The molecule has 0 fully saturated rings. The van der Waals surface area contributed by atoms with E-state index in [1.54, 1.807) is 27.7 Å². The fraction of sp³-hybridized carbons (Fsp3) is 0.538. The Morgan fingerprint density at radius 2 is 2.25 bits per heavy atom. The Morgan fingerprint density at radius 1 is 1.60 bits per heavy atom. The predicted octanol–water partition coefficient (Wildman–Crippen LogP) is 3.58. The van der Waals surface area contributed by atoms with Crippen LogP contribution in [-0.4, -0.2) is 29.6 Å². The average Bonchev–Trinajstić information content (AvgIpc) is 2.31. The van der Waals surface area contributed by atoms with Gasteiger partial charge in [-0.15, -0.1) is 0 Å². The fourth-order valence-corrected chi connectivity index (χ4v) is 2.12. The Kier molecular flexibility index (Phi) is 3.90. The summed E-state index contributed by atoms with van der Waals surface area (Å²) in [5.41, 5.74) is 0.518. The number of rotatable bonds is 0. The zero-order valence-corrected chi connectivity index (χ0v) is 13.3. The molecule has 0 aromatic carbocycles. The maximum absolute atomic E-state index is 13.6. The van der Waals surface area contributed by atoms with E-state index >= 15 is 0 Å². The normalized spacial score (nSPS) is 18.3. The average molecular weight is 347 g/mol. The van der Waals surface area contributed by atoms with Crippen molar-refractivity contribution in [3.8, 4) is 5.88 Å². The third-order valence-corrected chi connectivity index (χ3v) is 3.46. The monoisotopic (exact) mass is 346 g/mol. The Hall–Kier alpha value is -1.37. The summed E-state index contributed by atoms with van der Waals surface area (Å²) < 4.78 is 24.7. The van der Waals surface area contributed by atoms with Crippen molar-refractivity contribution >= 4 is 27.7 Å². The lowest BCUT2D eigenvalue weighted by Crippen LogP contribution is -2.45. The van der Waals surface area contributed by atoms with Crippen LogP contribution in [0.5, 0.6) is 5.88 Å². The van der Waals surface area contributed by atoms with Gasteiger partial charge in [0.15, 0.2) is 0 Å². The van der Waals surface area contributed by atoms with Crippen molar-refractivity contribution in [1.29, 1.82) is 0 Å². The molecular formula is C13H16BrFN2O3. The molecular weight excluding hydrogens is 331 g/mol. The van der Waals surface area contributed by atoms with E-state index < -0.39 is 18.1 Å². The minimum atomic E-state index is -1.62. The van der Waals surface area contributed by atoms with E-state index in [-0.39, 0.29) is 12.4 Å². The van der Waals surface area contributed by atoms with E-state index in [0.717, 1.165) is 5.56 Å². The summed E-state index contributed by atoms with van der Waals surface area (Å²) in [6.45, 7) is 6.84. The quantitative estimate of drug-likeness (QED) is 0.720. The topological polar surface area (TPSA) is 51.7 Å². The van der Waals surface area contributed by atoms with Gasteiger partial charge in [-0.05, 0) is 49.2 Å². The maximum Gasteiger partial charge on any atom is 0.415 e. The minimum Gasteiger partial charge on any atom is -0.443 e. The van der Waals surface area contributed by atoms with E-state index in [9.17, 15) is 9.18 Å². The van der Waals surface area contributed by atoms with Crippen molar-refractivity contribution < 1.29 is 18.7 Å². The van der Waals surface area contributed by atoms with Crippen LogP contribution in [-0.2, 0) is 4.74 Å². The number of hydrogen-bond acceptors (Lipinski definition) is 4. The van der Waals surface area contributed by atoms with Crippen LogP contribution < -0.4 is 9.64 Å². The van der Waals surface area contributed by atoms with Gasteiger partial charge >= 0.3 is 6.09 Å². The summed E-state index contributed by atoms with van der Waals surface area (Å²) in [5.74, 6) is 0.0929. The van der Waals surface area contributed by atoms with Gasteiger partial charge < -0.3 is 9.47 Å². The molecule has 0 N–H and O–H groups in total. The number of aromatic nitrogens is 1. The summed E-state index contributed by atoms with van der Waals surface area (Å²) in [4.78, 5) is 17.4. The number of halogens is 2. The molecule has 1 aromatic rings. The lowest BCUT2D eigenvalue weighted by molar-refractivity contribution is 0.0375. The molecule has 5 nitrogen and oxygen atoms in total. The number of alkyl halides is 1. The van der Waals surface area contributed by atoms with Gasteiger partial charge in [-0.3, -0.25) is 4.90 Å². The van der Waals surface area contributed by atoms with Gasteiger partial charge in [0.2, 0.25) is 5.88 Å². The molecule has 1 atom stereocenters. The summed E-state index contributed by atoms with van der Waals surface area (Å²) in [6, 6.07) is 0. The van der Waals surface area contributed by atoms with Crippen molar-refractivity contribution in [2.75, 3.05) is 11.4 Å². The van der Waals surface area contributed by atoms with E-state index in [2.05, 4.69) is 20.9 Å². The highest BCUT2D eigenvalue weighted by atomic mass is 79.9. The number of ether oxygens (including phenoxy) is 2. The summed E-state index contributed by atoms with van der Waals surface area (Å²) >= 11 is 3.34. The first-order chi connectivity index (χ1) is 9.19. The van der Waals surface area contributed by atoms with Crippen LogP contribution >= 0.6 is 15.9 Å². The van der Waals surface area contributed by atoms with Crippen LogP contribution in [0.4, 0.5) is 14.9 Å². The second-order valence-corrected chi connectivity index (χ2v) is 6.36. The molecule has 0 radical (unpaired) electrons. The van der Waals surface area contributed by atoms with Gasteiger partial charge in [0.05, 0.1) is 6.54 Å². The largest absolute Gasteiger partial charge is 0.443 e. The highest BCUT2D eigenvalue weighted by Gasteiger charge is 2.35. The molecule has 0 spiro atoms. The lowest BCUT2D eigenvalue weighted by atomic mass is 10.2. The highest BCUT2D eigenvalue weighted by molar-refractivity contribution is 9.10. The Labute approximate surface area is 125 Å². The van der Waals surface area contributed by atoms with Crippen LogP contribution in [0, 0.1) is 6.92 Å². The highest BCUT2D eigenvalue weighted by Crippen LogP contribution is 2.38. The number of carbonyl (C=O) groups excluding carboxylic acids is 1. The zero-order chi connectivity index (χ0) is 15.1. The van der Waals surface area contributed by atoms with Gasteiger partial charge in [-0.2, -0.15) is 4.39 Å². The van der Waals surface area contributed by atoms with Crippen molar-refractivity contribution in [2.45, 2.75) is 39.7 Å². The number of fused-ring (bicyclic) bond motifs is 1. The molecule has 1 aliphatic heterocycles. The fourth-order valence-electron chi connectivity index (χ4n) is 1.83. The van der Waals surface area contributed by atoms with Gasteiger partial charge in [0, 0.05) is 10.7 Å². The van der Waals surface area contributed by atoms with Crippen LogP contribution in [0.25, 0.3) is 0 Å². The number of hydrogen-bond donors (Lipinski definition) is 0. The molecule has 20 heavy (non-hydrogen) atoms. The molecule has 0 saturated carbocycles. The molecule has 2 heterocycles. The molecule has 7 heteroatoms. The van der Waals surface area contributed by atoms with Crippen molar-refractivity contribution in [2.24, 2.45) is 0 Å². The minimum absolute atomic E-state index is 0.0929. The maximum atomic E-state index is 13.6. The molecule has 2 rings (SSSR count). The standard InChI is InChI=1S/C13H16BrFN2O3/c1-7-8(14)5-16-11-10(7)17(6-9(15)19-11)12(18)20-13(2,3)4/h5,9H,6H2,1-4H3. The first-order valence-electron chi connectivity index (χ1n) is 6.15. The molecule has 0 bridgehead atoms. The number of anilines is 1. The second kappa shape index (κ2) is 5.20. The summed E-state index contributed by atoms with van der Waals surface area (Å²) in [6.07, 6.45) is -0.727. The smallest absolute Gasteiger partial charge is 0.415 e. The summed E-state index contributed by atoms with van der Waals surface area (Å²) in [7, 11) is 0. The Morgan fingerprint density at radius 3 is 2.85 bits per heavy atom. The van der Waals surface area contributed by atoms with Gasteiger partial charge in [0.25, 0.3) is 6.36 Å². The molecule has 0 aliphatic carbocycles. The van der Waals surface area contributed by atoms with E-state index in [1.165, 1.54) is 11.1 Å². The van der Waals surface area contributed by atoms with Crippen LogP contribution in [0.3, 0.4) is 0 Å². The SMILES string of the molecule is Cc1c(Br)cnc2c1N(C(=O)OC(C)(C)C)CC(F)O2. The van der Waals surface area contributed by atoms with E-state index in [1.807, 2.05) is 0 Å². The predicted molar refractivity (Wildman–Crippen MR) is 75.8 cm³/mol. The van der Waals surface area contributed by atoms with Gasteiger partial charge in [-0.1, -0.05) is 0 Å². The third-order valence-electron chi connectivity index (χ3n) is 2.66. The number of pyridine rings is 1. The zero-order valence-electron chi connectivity index (χ0n) is 11.7. The molecule has 1 aromatic heterocycles. The summed E-state index contributed by atoms with van der Waals surface area (Å²) in [5, 5.41) is 0. The number of amides is 1. The van der Waals surface area contributed by atoms with Crippen molar-refractivity contribution in [3.63, 3.8) is 0 Å². The number of carbonyl (C=O) groups is 1. The Bertz CT molecular complexity index is 545. The van der Waals surface area contributed by atoms with Crippen LogP contribution in [0.15, 0.2) is 10.7 Å². The first kappa shape index (κ1) is 15.0. The van der Waals surface area contributed by atoms with Crippen molar-refractivity contribution in [3.05, 3.63) is 16.2 Å². The van der Waals surface area contributed by atoms with Crippen molar-refractivity contribution in [1.82, 2.24) is 4.98 Å². The van der Waals surface area contributed by atoms with Crippen LogP contribution in [0.2, 0.25) is 0 Å². The van der Waals surface area contributed by atoms with Gasteiger partial charge in [-0.25, -0.2) is 9.78 Å². The molecule has 110 valence electrons. The Balaban J connectivity index is 2.41. The van der Waals surface area contributed by atoms with E-state index in [4.69, 9.17) is 9.47 Å². The first-order valence-corrected chi connectivity index (χ1v) is 6.94. The molecule has 0 saturated heterocycles. The van der Waals surface area contributed by atoms with E-state index in [0.29, 0.717) is 10.2 Å². The molecule has 1 aliphatic rings. The second-order valence-electron chi connectivity index (χ2n) is 5.50. The lowest BCUT2D eigenvalue weighted by Gasteiger charge is -2.33.